The average molecular weight is 402 g/mol. The molecule has 2 aromatic rings. The van der Waals surface area contributed by atoms with Gasteiger partial charge in [0.15, 0.2) is 0 Å². The Labute approximate surface area is 172 Å². The number of rotatable bonds is 7. The maximum atomic E-state index is 12.4. The van der Waals surface area contributed by atoms with Crippen LogP contribution in [0.15, 0.2) is 48.5 Å². The number of aliphatic hydroxyl groups is 1. The maximum absolute atomic E-state index is 12.4. The van der Waals surface area contributed by atoms with Crippen LogP contribution >= 0.6 is 0 Å². The lowest BCUT2D eigenvalue weighted by Gasteiger charge is -2.30. The summed E-state index contributed by atoms with van der Waals surface area (Å²) >= 11 is 0. The Morgan fingerprint density at radius 1 is 0.897 bits per heavy atom. The smallest absolute Gasteiger partial charge is 0.408 e. The number of methoxy groups -OCH3 is 2. The summed E-state index contributed by atoms with van der Waals surface area (Å²) in [5, 5.41) is 14.0. The Morgan fingerprint density at radius 3 is 1.76 bits per heavy atom. The molecule has 3 atom stereocenters. The minimum atomic E-state index is -0.885. The fourth-order valence-electron chi connectivity index (χ4n) is 3.00. The van der Waals surface area contributed by atoms with Crippen LogP contribution in [0.3, 0.4) is 0 Å². The normalized spacial score (nSPS) is 14.4. The number of hydrogen-bond acceptors (Lipinski definition) is 5. The lowest BCUT2D eigenvalue weighted by Crippen LogP contribution is -2.41. The Balaban J connectivity index is 2.29. The first-order valence-corrected chi connectivity index (χ1v) is 9.60. The topological polar surface area (TPSA) is 77.0 Å². The molecule has 1 amide bonds. The summed E-state index contributed by atoms with van der Waals surface area (Å²) in [4.78, 5) is 12.4. The Kier molecular flexibility index (Phi) is 7.51. The number of aliphatic hydroxyl groups excluding tert-OH is 1. The summed E-state index contributed by atoms with van der Waals surface area (Å²) in [5.74, 6) is 1.19. The number of nitrogens with one attached hydrogen (secondary N) is 1. The zero-order chi connectivity index (χ0) is 21.6. The molecular formula is C23H31NO5. The van der Waals surface area contributed by atoms with Crippen molar-refractivity contribution < 1.29 is 24.1 Å². The fraction of sp³-hybridized carbons (Fsp3) is 0.435. The number of ether oxygens (including phenoxy) is 3. The first-order chi connectivity index (χ1) is 13.6. The first kappa shape index (κ1) is 22.6. The molecular weight excluding hydrogens is 370 g/mol. The Hall–Kier alpha value is -2.73. The van der Waals surface area contributed by atoms with Crippen LogP contribution in [0.2, 0.25) is 0 Å². The number of alkyl carbamates (subject to hydrolysis) is 1. The lowest BCUT2D eigenvalue weighted by molar-refractivity contribution is 0.0394. The van der Waals surface area contributed by atoms with Crippen molar-refractivity contribution in [2.24, 2.45) is 0 Å². The van der Waals surface area contributed by atoms with Gasteiger partial charge in [-0.2, -0.15) is 0 Å². The van der Waals surface area contributed by atoms with E-state index in [1.807, 2.05) is 43.3 Å². The van der Waals surface area contributed by atoms with E-state index in [1.165, 1.54) is 0 Å². The lowest BCUT2D eigenvalue weighted by atomic mass is 9.87. The minimum absolute atomic E-state index is 0.247. The molecule has 0 saturated heterocycles. The average Bonchev–Trinajstić information content (AvgIpc) is 2.70. The third-order valence-electron chi connectivity index (χ3n) is 4.64. The molecule has 0 aromatic heterocycles. The molecule has 0 saturated carbocycles. The van der Waals surface area contributed by atoms with E-state index in [2.05, 4.69) is 5.32 Å². The second-order valence-corrected chi connectivity index (χ2v) is 7.95. The van der Waals surface area contributed by atoms with Gasteiger partial charge in [0.2, 0.25) is 0 Å². The van der Waals surface area contributed by atoms with Crippen molar-refractivity contribution in [1.29, 1.82) is 0 Å². The van der Waals surface area contributed by atoms with E-state index in [4.69, 9.17) is 14.2 Å². The maximum Gasteiger partial charge on any atom is 0.408 e. The summed E-state index contributed by atoms with van der Waals surface area (Å²) < 4.78 is 15.8. The van der Waals surface area contributed by atoms with Gasteiger partial charge in [-0.1, -0.05) is 31.2 Å². The number of benzene rings is 2. The van der Waals surface area contributed by atoms with E-state index in [0.29, 0.717) is 5.75 Å². The molecule has 2 rings (SSSR count). The summed E-state index contributed by atoms with van der Waals surface area (Å²) in [5.41, 5.74) is 1.05. The molecule has 158 valence electrons. The van der Waals surface area contributed by atoms with E-state index in [-0.39, 0.29) is 5.92 Å². The van der Waals surface area contributed by atoms with Crippen LogP contribution in [0.1, 0.15) is 50.8 Å². The summed E-state index contributed by atoms with van der Waals surface area (Å²) in [6.45, 7) is 7.31. The Morgan fingerprint density at radius 2 is 1.34 bits per heavy atom. The summed E-state index contributed by atoms with van der Waals surface area (Å²) in [6.07, 6.45) is -1.47. The van der Waals surface area contributed by atoms with Gasteiger partial charge in [0, 0.05) is 5.92 Å². The van der Waals surface area contributed by atoms with Gasteiger partial charge in [0.25, 0.3) is 0 Å². The predicted octanol–water partition coefficient (Wildman–Crippen LogP) is 4.43. The van der Waals surface area contributed by atoms with Crippen molar-refractivity contribution in [3.63, 3.8) is 0 Å². The molecule has 29 heavy (non-hydrogen) atoms. The summed E-state index contributed by atoms with van der Waals surface area (Å²) in [7, 11) is 3.20. The van der Waals surface area contributed by atoms with Crippen molar-refractivity contribution in [1.82, 2.24) is 5.32 Å². The highest BCUT2D eigenvalue weighted by molar-refractivity contribution is 5.68. The molecule has 0 aliphatic heterocycles. The van der Waals surface area contributed by atoms with E-state index in [1.54, 1.807) is 47.1 Å². The molecule has 2 aromatic carbocycles. The zero-order valence-electron chi connectivity index (χ0n) is 17.9. The van der Waals surface area contributed by atoms with Crippen LogP contribution in [0.5, 0.6) is 11.5 Å². The van der Waals surface area contributed by atoms with Gasteiger partial charge in [-0.15, -0.1) is 0 Å². The van der Waals surface area contributed by atoms with Crippen molar-refractivity contribution in [2.75, 3.05) is 14.2 Å². The molecule has 0 spiro atoms. The predicted molar refractivity (Wildman–Crippen MR) is 113 cm³/mol. The van der Waals surface area contributed by atoms with Crippen molar-refractivity contribution in [2.45, 2.75) is 51.4 Å². The van der Waals surface area contributed by atoms with Crippen LogP contribution in [-0.4, -0.2) is 37.1 Å². The van der Waals surface area contributed by atoms with E-state index < -0.39 is 23.8 Å². The highest BCUT2D eigenvalue weighted by Gasteiger charge is 2.30. The van der Waals surface area contributed by atoms with Gasteiger partial charge in [0.1, 0.15) is 17.1 Å². The molecule has 2 N–H and O–H groups in total. The molecule has 6 heteroatoms. The van der Waals surface area contributed by atoms with Crippen LogP contribution in [-0.2, 0) is 4.74 Å². The van der Waals surface area contributed by atoms with Gasteiger partial charge < -0.3 is 24.6 Å². The van der Waals surface area contributed by atoms with Crippen molar-refractivity contribution >= 4 is 6.09 Å². The quantitative estimate of drug-likeness (QED) is 0.717. The fourth-order valence-corrected chi connectivity index (χ4v) is 3.00. The highest BCUT2D eigenvalue weighted by atomic mass is 16.6. The molecule has 0 heterocycles. The largest absolute Gasteiger partial charge is 0.497 e. The molecule has 3 unspecified atom stereocenters. The van der Waals surface area contributed by atoms with E-state index in [9.17, 15) is 9.90 Å². The SMILES string of the molecule is COc1ccc(C(C)C(O)C(NC(=O)OC(C)(C)C)c2ccc(OC)cc2)cc1. The van der Waals surface area contributed by atoms with Crippen molar-refractivity contribution in [3.05, 3.63) is 59.7 Å². The van der Waals surface area contributed by atoms with Crippen LogP contribution in [0, 0.1) is 0 Å². The molecule has 0 aliphatic rings. The van der Waals surface area contributed by atoms with Gasteiger partial charge in [0.05, 0.1) is 26.4 Å². The number of hydrogen-bond donors (Lipinski definition) is 2. The van der Waals surface area contributed by atoms with Gasteiger partial charge in [-0.25, -0.2) is 4.79 Å². The van der Waals surface area contributed by atoms with Crippen LogP contribution < -0.4 is 14.8 Å². The third kappa shape index (κ3) is 6.39. The standard InChI is InChI=1S/C23H31NO5/c1-15(16-7-11-18(27-5)12-8-16)21(25)20(24-22(26)29-23(2,3)4)17-9-13-19(28-6)14-10-17/h7-15,20-21,25H,1-6H3,(H,24,26). The van der Waals surface area contributed by atoms with Gasteiger partial charge >= 0.3 is 6.09 Å². The molecule has 0 aliphatic carbocycles. The Bertz CT molecular complexity index is 780. The van der Waals surface area contributed by atoms with Crippen LogP contribution in [0.4, 0.5) is 4.79 Å². The van der Waals surface area contributed by atoms with E-state index >= 15 is 0 Å². The van der Waals surface area contributed by atoms with E-state index in [0.717, 1.165) is 16.9 Å². The number of amides is 1. The molecule has 6 nitrogen and oxygen atoms in total. The van der Waals surface area contributed by atoms with Crippen LogP contribution in [0.25, 0.3) is 0 Å². The highest BCUT2D eigenvalue weighted by Crippen LogP contribution is 2.31. The molecule has 0 fully saturated rings. The molecule has 0 bridgehead atoms. The second-order valence-electron chi connectivity index (χ2n) is 7.95. The second kappa shape index (κ2) is 9.65. The van der Waals surface area contributed by atoms with Gasteiger partial charge in [-0.05, 0) is 56.2 Å². The van der Waals surface area contributed by atoms with Gasteiger partial charge in [-0.3, -0.25) is 0 Å². The first-order valence-electron chi connectivity index (χ1n) is 9.60. The third-order valence-corrected chi connectivity index (χ3v) is 4.64. The summed E-state index contributed by atoms with van der Waals surface area (Å²) in [6, 6.07) is 14.1. The monoisotopic (exact) mass is 401 g/mol. The molecule has 0 radical (unpaired) electrons. The minimum Gasteiger partial charge on any atom is -0.497 e. The zero-order valence-corrected chi connectivity index (χ0v) is 17.9. The van der Waals surface area contributed by atoms with Crippen molar-refractivity contribution in [3.8, 4) is 11.5 Å². The number of carbonyl (C=O) groups is 1. The number of carbonyl (C=O) groups excluding carboxylic acids is 1.